The summed E-state index contributed by atoms with van der Waals surface area (Å²) in [5.74, 6) is 2.06. The van der Waals surface area contributed by atoms with E-state index in [1.165, 1.54) is 177 Å². The van der Waals surface area contributed by atoms with E-state index in [4.69, 9.17) is 15.0 Å². The predicted molar refractivity (Wildman–Crippen MR) is 640 cm³/mol. The molecule has 22 aromatic rings. The summed E-state index contributed by atoms with van der Waals surface area (Å²) in [7, 11) is -3.29. The fourth-order valence-electron chi connectivity index (χ4n) is 20.3. The number of rotatable bonds is 13. The first-order valence-electron chi connectivity index (χ1n) is 52.4. The second-order valence-corrected chi connectivity index (χ2v) is 58.3. The van der Waals surface area contributed by atoms with E-state index in [1.54, 1.807) is 10.4 Å². The van der Waals surface area contributed by atoms with Crippen LogP contribution in [0.2, 0.25) is 36.3 Å². The maximum Gasteiger partial charge on any atom is 0.164 e. The molecule has 0 unspecified atom stereocenters. The van der Waals surface area contributed by atoms with Crippen LogP contribution in [0.3, 0.4) is 0 Å². The monoisotopic (exact) mass is 1950 g/mol. The first-order valence-corrected chi connectivity index (χ1v) is 58.4. The summed E-state index contributed by atoms with van der Waals surface area (Å²) >= 11 is 0. The number of hydrogen-bond donors (Lipinski definition) is 0. The summed E-state index contributed by atoms with van der Waals surface area (Å²) in [5.41, 5.74) is 34.4. The maximum absolute atomic E-state index is 4.71. The normalized spacial score (nSPS) is 12.4. The summed E-state index contributed by atoms with van der Waals surface area (Å²) in [6, 6.07) is 146. The highest BCUT2D eigenvalue weighted by Crippen LogP contribution is 2.47. The van der Waals surface area contributed by atoms with Crippen LogP contribution in [0.25, 0.3) is 155 Å². The number of para-hydroxylation sites is 1. The summed E-state index contributed by atoms with van der Waals surface area (Å²) in [5, 5.41) is 14.2. The number of benzene rings is 17. The molecule has 7 nitrogen and oxygen atoms in total. The number of fused-ring (bicyclic) bond motifs is 12. The molecule has 5 aromatic heterocycles. The standard InChI is InChI=1S/C58H59N3.C31H43NSi2.C27H22.C22H17N3/c1-55(2,3)36-18-24-49-43(30-36)44-31-37(56(4,5)6)19-25-50(44)60(49)41-22-28-53-47(34-41)48-35-42(23-29-54(48)59(53)40-16-14-13-15-17-40)61-51-26-20-38(57(7,8)9)32-45(51)46-33-39(58(10,11)12)21-27-52(46)61;1-22-12-14-23(15-13-22)32-28-18-16-24(33(8,9)30(2,3)4)20-26(28)27-21-25(17-19-29(27)32)34(10,11)31(5,6)7;1-21-17-19-25(20-18-21)27(24-15-9-4-10-16-24)26(22-11-5-2-6-12-22)23-13-7-3-8-14-23;1-16-12-14-19(15-13-16)22-24-20(17-8-4-2-5-9-17)23-21(25-22)18-10-6-3-7-11-18/h13-35H,1-12H3;12-21H,1-11H3;2-20H,1H3;2-15H,1H3. The maximum atomic E-state index is 4.71. The summed E-state index contributed by atoms with van der Waals surface area (Å²) < 4.78 is 9.89. The lowest BCUT2D eigenvalue weighted by Crippen LogP contribution is -2.49. The predicted octanol–water partition coefficient (Wildman–Crippen LogP) is 36.9. The first-order chi connectivity index (χ1) is 69.9. The van der Waals surface area contributed by atoms with Gasteiger partial charge in [0.1, 0.15) is 0 Å². The van der Waals surface area contributed by atoms with Crippen LogP contribution >= 0.6 is 0 Å². The molecule has 0 aliphatic heterocycles. The molecule has 0 saturated heterocycles. The highest BCUT2D eigenvalue weighted by atomic mass is 28.3. The topological polar surface area (TPSA) is 58.4 Å². The van der Waals surface area contributed by atoms with Crippen molar-refractivity contribution in [1.82, 2.24) is 33.2 Å². The van der Waals surface area contributed by atoms with Crippen LogP contribution in [0.5, 0.6) is 0 Å². The van der Waals surface area contributed by atoms with Crippen molar-refractivity contribution in [2.24, 2.45) is 0 Å². The number of aromatic nitrogens is 7. The summed E-state index contributed by atoms with van der Waals surface area (Å²) in [6.07, 6.45) is 0. The molecule has 0 N–H and O–H groups in total. The zero-order chi connectivity index (χ0) is 104. The van der Waals surface area contributed by atoms with Gasteiger partial charge in [0.2, 0.25) is 0 Å². The number of hydrogen-bond acceptors (Lipinski definition) is 3. The highest BCUT2D eigenvalue weighted by Gasteiger charge is 2.40. The molecule has 0 aliphatic carbocycles. The van der Waals surface area contributed by atoms with E-state index in [2.05, 4.69) is 517 Å². The Morgan fingerprint density at radius 2 is 0.408 bits per heavy atom. The van der Waals surface area contributed by atoms with E-state index in [-0.39, 0.29) is 21.7 Å². The van der Waals surface area contributed by atoms with Gasteiger partial charge < -0.3 is 18.3 Å². The van der Waals surface area contributed by atoms with Crippen molar-refractivity contribution < 1.29 is 0 Å². The molecule has 0 amide bonds. The van der Waals surface area contributed by atoms with Crippen LogP contribution in [-0.2, 0) is 21.7 Å². The minimum Gasteiger partial charge on any atom is -0.309 e. The summed E-state index contributed by atoms with van der Waals surface area (Å²) in [4.78, 5) is 14.1. The van der Waals surface area contributed by atoms with Crippen LogP contribution < -0.4 is 10.4 Å². The largest absolute Gasteiger partial charge is 0.309 e. The van der Waals surface area contributed by atoms with Gasteiger partial charge in [0.25, 0.3) is 0 Å². The third-order valence-corrected chi connectivity index (χ3v) is 42.3. The van der Waals surface area contributed by atoms with Crippen molar-refractivity contribution in [2.75, 3.05) is 0 Å². The van der Waals surface area contributed by atoms with Crippen LogP contribution in [-0.4, -0.2) is 49.4 Å². The van der Waals surface area contributed by atoms with Gasteiger partial charge in [-0.05, 0) is 229 Å². The van der Waals surface area contributed by atoms with Gasteiger partial charge in [-0.25, -0.2) is 15.0 Å². The van der Waals surface area contributed by atoms with E-state index in [1.807, 2.05) is 72.8 Å². The lowest BCUT2D eigenvalue weighted by Gasteiger charge is -2.37. The molecule has 0 fully saturated rings. The van der Waals surface area contributed by atoms with E-state index in [0.29, 0.717) is 27.5 Å². The first kappa shape index (κ1) is 101. The lowest BCUT2D eigenvalue weighted by molar-refractivity contribution is 0.590. The van der Waals surface area contributed by atoms with E-state index in [9.17, 15) is 0 Å². The van der Waals surface area contributed by atoms with Crippen LogP contribution in [0.1, 0.15) is 186 Å². The highest BCUT2D eigenvalue weighted by molar-refractivity contribution is 6.93. The molecule has 0 radical (unpaired) electrons. The molecule has 0 saturated carbocycles. The van der Waals surface area contributed by atoms with Crippen molar-refractivity contribution in [3.8, 4) is 56.9 Å². The molecule has 736 valence electrons. The van der Waals surface area contributed by atoms with Crippen LogP contribution in [0.15, 0.2) is 400 Å². The van der Waals surface area contributed by atoms with Gasteiger partial charge in [0, 0.05) is 82.5 Å². The van der Waals surface area contributed by atoms with Gasteiger partial charge in [-0.15, -0.1) is 0 Å². The Labute approximate surface area is 873 Å². The van der Waals surface area contributed by atoms with Gasteiger partial charge in [0.15, 0.2) is 17.5 Å². The van der Waals surface area contributed by atoms with Gasteiger partial charge in [-0.3, -0.25) is 0 Å². The third-order valence-electron chi connectivity index (χ3n) is 31.3. The average molecular weight is 1950 g/mol. The quantitative estimate of drug-likeness (QED) is 0.0854. The fourth-order valence-corrected chi connectivity index (χ4v) is 24.1. The molecular weight excluding hydrogens is 1810 g/mol. The Hall–Kier alpha value is -14.9. The fraction of sp³-hybridized carbons (Fsp3) is 0.225. The van der Waals surface area contributed by atoms with Gasteiger partial charge >= 0.3 is 0 Å². The number of nitrogens with zero attached hydrogens (tertiary/aromatic N) is 7. The Bertz CT molecular complexity index is 8100. The van der Waals surface area contributed by atoms with Crippen LogP contribution in [0, 0.1) is 20.8 Å². The molecule has 0 atom stereocenters. The second kappa shape index (κ2) is 39.5. The molecule has 0 aliphatic rings. The van der Waals surface area contributed by atoms with E-state index >= 15 is 0 Å². The molecule has 22 rings (SSSR count). The SMILES string of the molecule is CC(C)(C)c1ccc2c(c1)c1cc(C(C)(C)C)ccc1n2-c1ccc2c(c1)c1cc(-n3c4ccc(C(C)(C)C)cc4c4cc(C(C)(C)C)ccc43)ccc1n2-c1ccccc1.Cc1ccc(-c2nc(-c3ccccc3)nc(-c3ccccc3)n2)cc1.Cc1ccc(-n2c3ccc([Si](C)(C)C(C)(C)C)cc3c3cc([Si](C)(C)C(C)(C)C)ccc32)cc1.Cc1ccc(C(=C(c2ccccc2)c2ccccc2)c2ccccc2)cc1. The Morgan fingerprint density at radius 1 is 0.197 bits per heavy atom. The smallest absolute Gasteiger partial charge is 0.164 e. The molecular formula is C138H141N7Si2. The second-order valence-electron chi connectivity index (χ2n) is 47.7. The zero-order valence-electron chi connectivity index (χ0n) is 90.7. The van der Waals surface area contributed by atoms with E-state index < -0.39 is 16.1 Å². The van der Waals surface area contributed by atoms with Crippen molar-refractivity contribution >= 4 is 125 Å². The van der Waals surface area contributed by atoms with Crippen molar-refractivity contribution in [3.63, 3.8) is 0 Å². The molecule has 0 spiro atoms. The minimum absolute atomic E-state index is 0.0419. The molecule has 17 aromatic carbocycles. The van der Waals surface area contributed by atoms with Crippen molar-refractivity contribution in [3.05, 3.63) is 462 Å². The van der Waals surface area contributed by atoms with Crippen molar-refractivity contribution in [1.29, 1.82) is 0 Å². The van der Waals surface area contributed by atoms with Crippen LogP contribution in [0.4, 0.5) is 0 Å². The molecule has 5 heterocycles. The average Bonchev–Trinajstić information content (AvgIpc) is 1.57. The Balaban J connectivity index is 0.000000134. The lowest BCUT2D eigenvalue weighted by atomic mass is 9.85. The zero-order valence-corrected chi connectivity index (χ0v) is 92.7. The Kier molecular flexibility index (Phi) is 27.1. The van der Waals surface area contributed by atoms with Gasteiger partial charge in [0.05, 0.1) is 60.3 Å². The van der Waals surface area contributed by atoms with Gasteiger partial charge in [-0.2, -0.15) is 0 Å². The van der Waals surface area contributed by atoms with E-state index in [0.717, 1.165) is 22.4 Å². The summed E-state index contributed by atoms with van der Waals surface area (Å²) in [6.45, 7) is 58.6. The minimum atomic E-state index is -1.64. The number of aryl methyl sites for hydroxylation is 3. The van der Waals surface area contributed by atoms with Gasteiger partial charge in [-0.1, -0.05) is 457 Å². The van der Waals surface area contributed by atoms with Crippen molar-refractivity contribution in [2.45, 2.75) is 203 Å². The Morgan fingerprint density at radius 3 is 0.694 bits per heavy atom. The molecule has 9 heteroatoms. The molecule has 147 heavy (non-hydrogen) atoms. The third kappa shape index (κ3) is 20.2. The molecule has 0 bridgehead atoms.